The second-order valence-electron chi connectivity index (χ2n) is 6.06. The second-order valence-corrected chi connectivity index (χ2v) is 6.06. The molecular formula is C17H34N2O6. The fourth-order valence-corrected chi connectivity index (χ4v) is 2.60. The van der Waals surface area contributed by atoms with Crippen LogP contribution in [-0.4, -0.2) is 122 Å². The summed E-state index contributed by atoms with van der Waals surface area (Å²) in [6.07, 6.45) is 0. The molecular weight excluding hydrogens is 328 g/mol. The Morgan fingerprint density at radius 1 is 0.320 bits per heavy atom. The molecule has 0 aromatic rings. The van der Waals surface area contributed by atoms with Gasteiger partial charge in [-0.05, 0) is 0 Å². The van der Waals surface area contributed by atoms with Gasteiger partial charge in [0.1, 0.15) is 0 Å². The Bertz CT molecular complexity index is 263. The van der Waals surface area contributed by atoms with Crippen molar-refractivity contribution in [3.05, 3.63) is 0 Å². The Morgan fingerprint density at radius 2 is 0.640 bits per heavy atom. The first-order valence-corrected chi connectivity index (χ1v) is 9.36. The van der Waals surface area contributed by atoms with Crippen molar-refractivity contribution in [3.8, 4) is 0 Å². The number of fused-ring (bicyclic) bond motifs is 8. The van der Waals surface area contributed by atoms with Crippen LogP contribution in [0.2, 0.25) is 0 Å². The first-order chi connectivity index (χ1) is 12.4. The normalized spacial score (nSPS) is 30.7. The molecule has 0 aromatic carbocycles. The lowest BCUT2D eigenvalue weighted by molar-refractivity contribution is -0.0297. The molecule has 0 unspecified atom stereocenters. The quantitative estimate of drug-likeness (QED) is 0.543. The molecule has 0 aliphatic carbocycles. The molecule has 2 aliphatic heterocycles. The summed E-state index contributed by atoms with van der Waals surface area (Å²) in [5.74, 6) is 0. The minimum Gasteiger partial charge on any atom is -0.378 e. The van der Waals surface area contributed by atoms with Gasteiger partial charge in [-0.1, -0.05) is 0 Å². The van der Waals surface area contributed by atoms with E-state index in [-0.39, 0.29) is 0 Å². The van der Waals surface area contributed by atoms with E-state index in [1.807, 2.05) is 0 Å². The van der Waals surface area contributed by atoms with E-state index in [2.05, 4.69) is 9.80 Å². The molecule has 8 nitrogen and oxygen atoms in total. The maximum absolute atomic E-state index is 5.72. The van der Waals surface area contributed by atoms with E-state index in [0.717, 1.165) is 32.7 Å². The Labute approximate surface area is 151 Å². The van der Waals surface area contributed by atoms with Crippen LogP contribution in [0.4, 0.5) is 0 Å². The Hall–Kier alpha value is -0.320. The lowest BCUT2D eigenvalue weighted by atomic mass is 10.4. The predicted molar refractivity (Wildman–Crippen MR) is 92.9 cm³/mol. The fourth-order valence-electron chi connectivity index (χ4n) is 2.60. The summed E-state index contributed by atoms with van der Waals surface area (Å²) in [6.45, 7) is 11.9. The van der Waals surface area contributed by atoms with E-state index in [4.69, 9.17) is 28.4 Å². The van der Waals surface area contributed by atoms with E-state index < -0.39 is 0 Å². The summed E-state index contributed by atoms with van der Waals surface area (Å²) in [6, 6.07) is 0. The highest BCUT2D eigenvalue weighted by atomic mass is 16.5. The molecule has 2 aliphatic rings. The van der Waals surface area contributed by atoms with Crippen molar-refractivity contribution in [2.45, 2.75) is 0 Å². The topological polar surface area (TPSA) is 61.9 Å². The lowest BCUT2D eigenvalue weighted by Crippen LogP contribution is -2.34. The van der Waals surface area contributed by atoms with Gasteiger partial charge in [-0.25, -0.2) is 0 Å². The Kier molecular flexibility index (Phi) is 12.4. The van der Waals surface area contributed by atoms with Gasteiger partial charge in [-0.2, -0.15) is 0 Å². The summed E-state index contributed by atoms with van der Waals surface area (Å²) in [4.78, 5) is 4.50. The molecule has 2 heterocycles. The van der Waals surface area contributed by atoms with E-state index in [1.54, 1.807) is 0 Å². The van der Waals surface area contributed by atoms with Gasteiger partial charge < -0.3 is 28.4 Å². The molecule has 0 spiro atoms. The van der Waals surface area contributed by atoms with Crippen LogP contribution >= 0.6 is 0 Å². The molecule has 0 radical (unpaired) electrons. The van der Waals surface area contributed by atoms with Crippen LogP contribution < -0.4 is 0 Å². The molecule has 148 valence electrons. The van der Waals surface area contributed by atoms with Gasteiger partial charge >= 0.3 is 0 Å². The first-order valence-electron chi connectivity index (χ1n) is 9.36. The van der Waals surface area contributed by atoms with Crippen LogP contribution in [0.1, 0.15) is 0 Å². The zero-order valence-electron chi connectivity index (χ0n) is 15.4. The van der Waals surface area contributed by atoms with Gasteiger partial charge in [0.15, 0.2) is 0 Å². The van der Waals surface area contributed by atoms with E-state index in [9.17, 15) is 0 Å². The second kappa shape index (κ2) is 14.8. The third-order valence-corrected chi connectivity index (χ3v) is 4.15. The molecule has 2 saturated heterocycles. The maximum atomic E-state index is 5.72. The Morgan fingerprint density at radius 3 is 1.04 bits per heavy atom. The molecule has 0 amide bonds. The SMILES string of the molecule is C1COCCN2CCOCCOCCN(CCO1)CCOCCOC2. The van der Waals surface area contributed by atoms with Gasteiger partial charge in [0.25, 0.3) is 0 Å². The highest BCUT2D eigenvalue weighted by Gasteiger charge is 2.08. The summed E-state index contributed by atoms with van der Waals surface area (Å²) in [5.41, 5.74) is 0. The van der Waals surface area contributed by atoms with Gasteiger partial charge in [-0.3, -0.25) is 9.80 Å². The first kappa shape index (κ1) is 21.0. The number of nitrogens with zero attached hydrogens (tertiary/aromatic N) is 2. The lowest BCUT2D eigenvalue weighted by Gasteiger charge is -2.22. The molecule has 0 saturated carbocycles. The van der Waals surface area contributed by atoms with Crippen LogP contribution in [0.3, 0.4) is 0 Å². The number of rotatable bonds is 0. The third-order valence-electron chi connectivity index (χ3n) is 4.15. The van der Waals surface area contributed by atoms with Crippen LogP contribution in [0.25, 0.3) is 0 Å². The molecule has 0 aromatic heterocycles. The van der Waals surface area contributed by atoms with Crippen molar-refractivity contribution in [2.24, 2.45) is 0 Å². The predicted octanol–water partition coefficient (Wildman–Crippen LogP) is -0.325. The molecule has 0 atom stereocenters. The maximum Gasteiger partial charge on any atom is 0.0992 e. The highest BCUT2D eigenvalue weighted by molar-refractivity contribution is 4.58. The number of hydrogen-bond acceptors (Lipinski definition) is 8. The van der Waals surface area contributed by atoms with Crippen molar-refractivity contribution in [1.29, 1.82) is 0 Å². The van der Waals surface area contributed by atoms with Crippen LogP contribution in [0.15, 0.2) is 0 Å². The van der Waals surface area contributed by atoms with Crippen molar-refractivity contribution in [1.82, 2.24) is 9.80 Å². The third kappa shape index (κ3) is 11.1. The molecule has 2 bridgehead atoms. The van der Waals surface area contributed by atoms with Crippen molar-refractivity contribution < 1.29 is 28.4 Å². The van der Waals surface area contributed by atoms with Gasteiger partial charge in [-0.15, -0.1) is 0 Å². The molecule has 25 heavy (non-hydrogen) atoms. The van der Waals surface area contributed by atoms with Gasteiger partial charge in [0.2, 0.25) is 0 Å². The summed E-state index contributed by atoms with van der Waals surface area (Å²) < 4.78 is 34.1. The molecule has 0 N–H and O–H groups in total. The van der Waals surface area contributed by atoms with Gasteiger partial charge in [0, 0.05) is 32.7 Å². The minimum atomic E-state index is 0.565. The summed E-state index contributed by atoms with van der Waals surface area (Å²) in [7, 11) is 0. The molecule has 8 heteroatoms. The van der Waals surface area contributed by atoms with Crippen molar-refractivity contribution >= 4 is 0 Å². The van der Waals surface area contributed by atoms with E-state index >= 15 is 0 Å². The van der Waals surface area contributed by atoms with Gasteiger partial charge in [0.05, 0.1) is 79.4 Å². The van der Waals surface area contributed by atoms with Crippen LogP contribution in [0, 0.1) is 0 Å². The standard InChI is InChI=1S/C17H34N2O6/c1-6-20-11-13-23-9-4-19-5-10-24-14-12-21-7-2-18(1)3-8-22-15-16-25-17-19/h1-17H2. The number of hydrogen-bond donors (Lipinski definition) is 0. The number of ether oxygens (including phenoxy) is 6. The summed E-state index contributed by atoms with van der Waals surface area (Å²) in [5, 5.41) is 0. The highest BCUT2D eigenvalue weighted by Crippen LogP contribution is 1.96. The van der Waals surface area contributed by atoms with Crippen LogP contribution in [0.5, 0.6) is 0 Å². The van der Waals surface area contributed by atoms with E-state index in [0.29, 0.717) is 79.4 Å². The summed E-state index contributed by atoms with van der Waals surface area (Å²) >= 11 is 0. The van der Waals surface area contributed by atoms with Crippen molar-refractivity contribution in [2.75, 3.05) is 112 Å². The average Bonchev–Trinajstić information content (AvgIpc) is 2.62. The molecule has 2 rings (SSSR count). The average molecular weight is 362 g/mol. The monoisotopic (exact) mass is 362 g/mol. The zero-order valence-corrected chi connectivity index (χ0v) is 15.4. The minimum absolute atomic E-state index is 0.565. The van der Waals surface area contributed by atoms with Crippen molar-refractivity contribution in [3.63, 3.8) is 0 Å². The largest absolute Gasteiger partial charge is 0.378 e. The smallest absolute Gasteiger partial charge is 0.0992 e. The van der Waals surface area contributed by atoms with E-state index in [1.165, 1.54) is 0 Å². The van der Waals surface area contributed by atoms with Crippen LogP contribution in [-0.2, 0) is 28.4 Å². The fraction of sp³-hybridized carbons (Fsp3) is 1.00. The zero-order chi connectivity index (χ0) is 17.4. The molecule has 2 fully saturated rings. The Balaban J connectivity index is 1.88.